The molecule has 1 aliphatic heterocycles. The molecule has 0 amide bonds. The monoisotopic (exact) mass is 208 g/mol. The van der Waals surface area contributed by atoms with Crippen molar-refractivity contribution in [2.45, 2.75) is 19.9 Å². The van der Waals surface area contributed by atoms with Crippen molar-refractivity contribution in [1.82, 2.24) is 4.57 Å². The van der Waals surface area contributed by atoms with Gasteiger partial charge in [-0.3, -0.25) is 0 Å². The fourth-order valence-corrected chi connectivity index (χ4v) is 2.47. The van der Waals surface area contributed by atoms with Crippen molar-refractivity contribution in [2.75, 3.05) is 0 Å². The van der Waals surface area contributed by atoms with Crippen LogP contribution >= 0.6 is 0 Å². The van der Waals surface area contributed by atoms with E-state index >= 15 is 0 Å². The maximum atomic E-state index is 9.09. The molecule has 0 radical (unpaired) electrons. The summed E-state index contributed by atoms with van der Waals surface area (Å²) >= 11 is 0. The molecular weight excluding hydrogens is 196 g/mol. The lowest BCUT2D eigenvalue weighted by atomic mass is 9.98. The highest BCUT2D eigenvalue weighted by Gasteiger charge is 2.19. The van der Waals surface area contributed by atoms with E-state index in [0.29, 0.717) is 0 Å². The van der Waals surface area contributed by atoms with Gasteiger partial charge in [-0.25, -0.2) is 0 Å². The number of rotatable bonds is 0. The molecule has 0 unspecified atom stereocenters. The second-order valence-electron chi connectivity index (χ2n) is 4.29. The van der Waals surface area contributed by atoms with Crippen LogP contribution < -0.4 is 0 Å². The second-order valence-corrected chi connectivity index (χ2v) is 4.29. The summed E-state index contributed by atoms with van der Waals surface area (Å²) in [6.07, 6.45) is 0.882. The molecule has 2 heterocycles. The second kappa shape index (κ2) is 3.24. The number of hydrogen-bond donors (Lipinski definition) is 0. The molecule has 0 saturated heterocycles. The first-order valence-corrected chi connectivity index (χ1v) is 5.45. The topological polar surface area (TPSA) is 28.7 Å². The minimum absolute atomic E-state index is 0.826. The molecule has 0 spiro atoms. The van der Waals surface area contributed by atoms with E-state index in [-0.39, 0.29) is 0 Å². The molecule has 2 nitrogen and oxygen atoms in total. The van der Waals surface area contributed by atoms with Crippen LogP contribution in [-0.4, -0.2) is 4.57 Å². The molecule has 2 heteroatoms. The van der Waals surface area contributed by atoms with Gasteiger partial charge in [-0.05, 0) is 24.1 Å². The average molecular weight is 208 g/mol. The largest absolute Gasteiger partial charge is 0.343 e. The summed E-state index contributed by atoms with van der Waals surface area (Å²) in [5, 5.41) is 9.09. The van der Waals surface area contributed by atoms with Crippen LogP contribution in [0.2, 0.25) is 0 Å². The minimum atomic E-state index is 0.826. The van der Waals surface area contributed by atoms with Crippen molar-refractivity contribution in [1.29, 1.82) is 5.26 Å². The number of nitrogens with zero attached hydrogens (tertiary/aromatic N) is 2. The molecule has 0 atom stereocenters. The molecule has 0 aliphatic carbocycles. The first-order chi connectivity index (χ1) is 7.79. The van der Waals surface area contributed by atoms with Crippen molar-refractivity contribution in [2.24, 2.45) is 0 Å². The Morgan fingerprint density at radius 3 is 2.75 bits per heavy atom. The van der Waals surface area contributed by atoms with Crippen LogP contribution in [0.1, 0.15) is 28.1 Å². The summed E-state index contributed by atoms with van der Waals surface area (Å²) in [6.45, 7) is 2.97. The first kappa shape index (κ1) is 9.23. The summed E-state index contributed by atoms with van der Waals surface area (Å²) in [5.74, 6) is 0. The molecule has 0 fully saturated rings. The molecule has 1 aromatic carbocycles. The normalized spacial score (nSPS) is 12.8. The fraction of sp³-hybridized carbons (Fsp3) is 0.214. The van der Waals surface area contributed by atoms with Gasteiger partial charge in [0.15, 0.2) is 0 Å². The maximum absolute atomic E-state index is 9.09. The van der Waals surface area contributed by atoms with Gasteiger partial charge in [-0.2, -0.15) is 5.26 Å². The summed E-state index contributed by atoms with van der Waals surface area (Å²) < 4.78 is 2.25. The summed E-state index contributed by atoms with van der Waals surface area (Å²) in [5.41, 5.74) is 5.90. The number of aromatic nitrogens is 1. The van der Waals surface area contributed by atoms with E-state index in [0.717, 1.165) is 18.5 Å². The summed E-state index contributed by atoms with van der Waals surface area (Å²) in [4.78, 5) is 0. The Balaban J connectivity index is 2.18. The maximum Gasteiger partial charge on any atom is 0.101 e. The zero-order valence-electron chi connectivity index (χ0n) is 9.20. The Hall–Kier alpha value is -2.01. The highest BCUT2D eigenvalue weighted by molar-refractivity contribution is 5.45. The van der Waals surface area contributed by atoms with Crippen LogP contribution in [0.25, 0.3) is 0 Å². The van der Waals surface area contributed by atoms with Gasteiger partial charge in [-0.1, -0.05) is 24.3 Å². The standard InChI is InChI=1S/C14H12N2/c1-10-6-13(8-15)14-7-11-4-2-3-5-12(11)9-16(10)14/h2-6H,7,9H2,1H3. The van der Waals surface area contributed by atoms with Gasteiger partial charge in [0.1, 0.15) is 6.07 Å². The first-order valence-electron chi connectivity index (χ1n) is 5.45. The molecule has 2 aromatic rings. The molecule has 1 aromatic heterocycles. The molecule has 16 heavy (non-hydrogen) atoms. The number of aryl methyl sites for hydroxylation is 1. The smallest absolute Gasteiger partial charge is 0.101 e. The third kappa shape index (κ3) is 1.18. The van der Waals surface area contributed by atoms with Crippen molar-refractivity contribution < 1.29 is 0 Å². The molecule has 1 aliphatic rings. The van der Waals surface area contributed by atoms with Crippen molar-refractivity contribution in [3.8, 4) is 6.07 Å². The van der Waals surface area contributed by atoms with Crippen molar-refractivity contribution in [3.05, 3.63) is 58.4 Å². The third-order valence-electron chi connectivity index (χ3n) is 3.34. The number of fused-ring (bicyclic) bond motifs is 2. The molecule has 78 valence electrons. The van der Waals surface area contributed by atoms with Crippen LogP contribution in [0.3, 0.4) is 0 Å². The van der Waals surface area contributed by atoms with E-state index in [1.54, 1.807) is 0 Å². The lowest BCUT2D eigenvalue weighted by Gasteiger charge is -2.20. The van der Waals surface area contributed by atoms with Gasteiger partial charge in [0.25, 0.3) is 0 Å². The van der Waals surface area contributed by atoms with Crippen LogP contribution in [0, 0.1) is 18.3 Å². The highest BCUT2D eigenvalue weighted by atomic mass is 15.0. The lowest BCUT2D eigenvalue weighted by molar-refractivity contribution is 0.697. The number of benzene rings is 1. The Morgan fingerprint density at radius 1 is 1.25 bits per heavy atom. The number of nitriles is 1. The van der Waals surface area contributed by atoms with Crippen molar-refractivity contribution in [3.63, 3.8) is 0 Å². The summed E-state index contributed by atoms with van der Waals surface area (Å²) in [6, 6.07) is 12.7. The van der Waals surface area contributed by atoms with Crippen LogP contribution in [-0.2, 0) is 13.0 Å². The SMILES string of the molecule is Cc1cc(C#N)c2n1Cc1ccccc1C2. The van der Waals surface area contributed by atoms with E-state index in [2.05, 4.69) is 41.8 Å². The van der Waals surface area contributed by atoms with E-state index in [9.17, 15) is 0 Å². The Morgan fingerprint density at radius 2 is 2.00 bits per heavy atom. The number of hydrogen-bond acceptors (Lipinski definition) is 1. The van der Waals surface area contributed by atoms with Crippen LogP contribution in [0.15, 0.2) is 30.3 Å². The molecule has 0 N–H and O–H groups in total. The Labute approximate surface area is 94.8 Å². The van der Waals surface area contributed by atoms with E-state index in [1.807, 2.05) is 6.07 Å². The fourth-order valence-electron chi connectivity index (χ4n) is 2.47. The van der Waals surface area contributed by atoms with Gasteiger partial charge >= 0.3 is 0 Å². The zero-order valence-corrected chi connectivity index (χ0v) is 9.20. The van der Waals surface area contributed by atoms with Gasteiger partial charge in [0.05, 0.1) is 5.56 Å². The molecular formula is C14H12N2. The van der Waals surface area contributed by atoms with Gasteiger partial charge in [0, 0.05) is 24.4 Å². The van der Waals surface area contributed by atoms with Gasteiger partial charge < -0.3 is 4.57 Å². The molecule has 0 bridgehead atoms. The lowest BCUT2D eigenvalue weighted by Crippen LogP contribution is -2.15. The molecule has 0 saturated carbocycles. The van der Waals surface area contributed by atoms with Gasteiger partial charge in [0.2, 0.25) is 0 Å². The third-order valence-corrected chi connectivity index (χ3v) is 3.34. The quantitative estimate of drug-likeness (QED) is 0.558. The van der Waals surface area contributed by atoms with E-state index in [4.69, 9.17) is 5.26 Å². The zero-order chi connectivity index (χ0) is 11.1. The highest BCUT2D eigenvalue weighted by Crippen LogP contribution is 2.27. The summed E-state index contributed by atoms with van der Waals surface area (Å²) in [7, 11) is 0. The Bertz CT molecular complexity index is 600. The average Bonchev–Trinajstić information content (AvgIpc) is 2.63. The van der Waals surface area contributed by atoms with Crippen LogP contribution in [0.5, 0.6) is 0 Å². The van der Waals surface area contributed by atoms with E-state index < -0.39 is 0 Å². The Kier molecular flexibility index (Phi) is 1.87. The predicted octanol–water partition coefficient (Wildman–Crippen LogP) is 2.62. The van der Waals surface area contributed by atoms with Gasteiger partial charge in [-0.15, -0.1) is 0 Å². The predicted molar refractivity (Wildman–Crippen MR) is 62.2 cm³/mol. The van der Waals surface area contributed by atoms with Crippen LogP contribution in [0.4, 0.5) is 0 Å². The molecule has 3 rings (SSSR count). The van der Waals surface area contributed by atoms with E-state index in [1.165, 1.54) is 22.5 Å². The minimum Gasteiger partial charge on any atom is -0.343 e. The van der Waals surface area contributed by atoms with Crippen molar-refractivity contribution >= 4 is 0 Å².